The number of carbonyl (C=O) groups excluding carboxylic acids is 1. The molecule has 8 nitrogen and oxygen atoms in total. The fraction of sp³-hybridized carbons (Fsp3) is 0.409. The van der Waals surface area contributed by atoms with E-state index in [9.17, 15) is 13.2 Å². The van der Waals surface area contributed by atoms with E-state index >= 15 is 0 Å². The van der Waals surface area contributed by atoms with Crippen LogP contribution in [0.4, 0.5) is 11.4 Å². The highest BCUT2D eigenvalue weighted by atomic mass is 32.2. The van der Waals surface area contributed by atoms with Gasteiger partial charge in [0.1, 0.15) is 0 Å². The second-order valence-electron chi connectivity index (χ2n) is 7.28. The Kier molecular flexibility index (Phi) is 7.75. The Labute approximate surface area is 183 Å². The highest BCUT2D eigenvalue weighted by Gasteiger charge is 2.18. The van der Waals surface area contributed by atoms with Crippen molar-refractivity contribution >= 4 is 27.3 Å². The molecule has 0 atom stereocenters. The van der Waals surface area contributed by atoms with Crippen LogP contribution in [0.1, 0.15) is 25.7 Å². The molecule has 1 aliphatic heterocycles. The Morgan fingerprint density at radius 2 is 1.71 bits per heavy atom. The Morgan fingerprint density at radius 3 is 2.42 bits per heavy atom. The molecule has 2 N–H and O–H groups in total. The monoisotopic (exact) mass is 447 g/mol. The van der Waals surface area contributed by atoms with Crippen molar-refractivity contribution in [1.29, 1.82) is 0 Å². The Balaban J connectivity index is 1.58. The van der Waals surface area contributed by atoms with Gasteiger partial charge in [0.15, 0.2) is 11.5 Å². The van der Waals surface area contributed by atoms with E-state index < -0.39 is 10.0 Å². The molecule has 0 aliphatic carbocycles. The molecule has 0 spiro atoms. The van der Waals surface area contributed by atoms with E-state index in [2.05, 4.69) is 14.9 Å². The molecule has 0 aromatic heterocycles. The predicted molar refractivity (Wildman–Crippen MR) is 120 cm³/mol. The highest BCUT2D eigenvalue weighted by Crippen LogP contribution is 2.30. The summed E-state index contributed by atoms with van der Waals surface area (Å²) in [5.74, 6) is 0.505. The lowest BCUT2D eigenvalue weighted by molar-refractivity contribution is -0.116. The third-order valence-corrected chi connectivity index (χ3v) is 6.64. The van der Waals surface area contributed by atoms with Gasteiger partial charge in [-0.3, -0.25) is 4.79 Å². The quantitative estimate of drug-likeness (QED) is 0.613. The number of nitrogens with zero attached hydrogens (tertiary/aromatic N) is 1. The highest BCUT2D eigenvalue weighted by molar-refractivity contribution is 7.89. The van der Waals surface area contributed by atoms with Crippen molar-refractivity contribution in [2.45, 2.75) is 30.6 Å². The van der Waals surface area contributed by atoms with Crippen LogP contribution < -0.4 is 24.4 Å². The lowest BCUT2D eigenvalue weighted by Crippen LogP contribution is -2.31. The minimum Gasteiger partial charge on any atom is -0.493 e. The predicted octanol–water partition coefficient (Wildman–Crippen LogP) is 3.00. The van der Waals surface area contributed by atoms with Crippen LogP contribution in [0.5, 0.6) is 11.5 Å². The van der Waals surface area contributed by atoms with Crippen molar-refractivity contribution in [3.8, 4) is 11.5 Å². The summed E-state index contributed by atoms with van der Waals surface area (Å²) in [4.78, 5) is 14.8. The molecule has 1 aliphatic rings. The van der Waals surface area contributed by atoms with Gasteiger partial charge in [0.2, 0.25) is 15.9 Å². The normalized spacial score (nSPS) is 14.2. The maximum absolute atomic E-state index is 12.6. The number of rotatable bonds is 9. The summed E-state index contributed by atoms with van der Waals surface area (Å²) in [5, 5.41) is 2.92. The second kappa shape index (κ2) is 10.5. The molecule has 1 saturated heterocycles. The number of hydrogen-bond donors (Lipinski definition) is 2. The fourth-order valence-corrected chi connectivity index (χ4v) is 4.62. The zero-order chi connectivity index (χ0) is 22.3. The van der Waals surface area contributed by atoms with E-state index in [-0.39, 0.29) is 23.8 Å². The van der Waals surface area contributed by atoms with Gasteiger partial charge in [-0.2, -0.15) is 0 Å². The van der Waals surface area contributed by atoms with Gasteiger partial charge < -0.3 is 19.7 Å². The number of para-hydroxylation sites is 2. The number of hydrogen-bond acceptors (Lipinski definition) is 6. The van der Waals surface area contributed by atoms with Gasteiger partial charge in [-0.1, -0.05) is 12.1 Å². The summed E-state index contributed by atoms with van der Waals surface area (Å²) < 4.78 is 37.9. The first kappa shape index (κ1) is 22.9. The van der Waals surface area contributed by atoms with Crippen molar-refractivity contribution in [2.24, 2.45) is 0 Å². The lowest BCUT2D eigenvalue weighted by atomic mass is 10.1. The van der Waals surface area contributed by atoms with Crippen LogP contribution in [0.25, 0.3) is 0 Å². The van der Waals surface area contributed by atoms with Gasteiger partial charge >= 0.3 is 0 Å². The maximum atomic E-state index is 12.6. The number of benzene rings is 2. The van der Waals surface area contributed by atoms with Crippen molar-refractivity contribution in [2.75, 3.05) is 44.1 Å². The molecule has 1 heterocycles. The third kappa shape index (κ3) is 5.89. The zero-order valence-electron chi connectivity index (χ0n) is 17.9. The van der Waals surface area contributed by atoms with Crippen molar-refractivity contribution in [1.82, 2.24) is 4.72 Å². The number of methoxy groups -OCH3 is 2. The van der Waals surface area contributed by atoms with Crippen LogP contribution in [0.15, 0.2) is 47.4 Å². The van der Waals surface area contributed by atoms with E-state index in [0.717, 1.165) is 37.3 Å². The summed E-state index contributed by atoms with van der Waals surface area (Å²) >= 11 is 0. The smallest absolute Gasteiger partial charge is 0.240 e. The average molecular weight is 448 g/mol. The third-order valence-electron chi connectivity index (χ3n) is 5.18. The van der Waals surface area contributed by atoms with Crippen LogP contribution in [0.2, 0.25) is 0 Å². The summed E-state index contributed by atoms with van der Waals surface area (Å²) in [6, 6.07) is 12.0. The summed E-state index contributed by atoms with van der Waals surface area (Å²) in [5.41, 5.74) is 1.75. The largest absolute Gasteiger partial charge is 0.493 e. The summed E-state index contributed by atoms with van der Waals surface area (Å²) in [7, 11) is -0.869. The topological polar surface area (TPSA) is 97.0 Å². The zero-order valence-corrected chi connectivity index (χ0v) is 18.7. The van der Waals surface area contributed by atoms with Crippen LogP contribution in [-0.2, 0) is 14.8 Å². The number of carbonyl (C=O) groups is 1. The molecule has 168 valence electrons. The molecular weight excluding hydrogens is 418 g/mol. The van der Waals surface area contributed by atoms with Gasteiger partial charge in [-0.05, 0) is 43.5 Å². The first-order valence-corrected chi connectivity index (χ1v) is 11.8. The maximum Gasteiger partial charge on any atom is 0.240 e. The number of nitrogens with one attached hydrogen (secondary N) is 2. The van der Waals surface area contributed by atoms with Crippen LogP contribution in [0, 0.1) is 0 Å². The summed E-state index contributed by atoms with van der Waals surface area (Å²) in [6.07, 6.45) is 3.52. The van der Waals surface area contributed by atoms with E-state index in [1.165, 1.54) is 38.8 Å². The molecule has 0 bridgehead atoms. The van der Waals surface area contributed by atoms with Crippen molar-refractivity contribution < 1.29 is 22.7 Å². The molecule has 31 heavy (non-hydrogen) atoms. The fourth-order valence-electron chi connectivity index (χ4n) is 3.57. The number of sulfonamides is 1. The first-order valence-electron chi connectivity index (χ1n) is 10.3. The first-order chi connectivity index (χ1) is 14.9. The number of piperidine rings is 1. The van der Waals surface area contributed by atoms with Crippen LogP contribution in [0.3, 0.4) is 0 Å². The Bertz CT molecular complexity index is 1000. The molecule has 2 aromatic carbocycles. The van der Waals surface area contributed by atoms with Gasteiger partial charge in [0.25, 0.3) is 0 Å². The molecular formula is C22H29N3O5S. The molecule has 0 radical (unpaired) electrons. The minimum atomic E-state index is -3.79. The SMILES string of the molecule is COc1ccc(S(=O)(=O)NCCC(=O)Nc2ccccc2N2CCCCC2)cc1OC. The van der Waals surface area contributed by atoms with E-state index in [1.807, 2.05) is 24.3 Å². The molecule has 2 aromatic rings. The standard InChI is InChI=1S/C22H29N3O5S/c1-29-20-11-10-17(16-21(20)30-2)31(27,28)23-13-12-22(26)24-18-8-4-5-9-19(18)25-14-6-3-7-15-25/h4-5,8-11,16,23H,3,6-7,12-15H2,1-2H3,(H,24,26). The average Bonchev–Trinajstić information content (AvgIpc) is 2.79. The van der Waals surface area contributed by atoms with E-state index in [0.29, 0.717) is 11.5 Å². The van der Waals surface area contributed by atoms with Crippen LogP contribution in [-0.4, -0.2) is 48.2 Å². The molecule has 1 amide bonds. The van der Waals surface area contributed by atoms with Crippen molar-refractivity contribution in [3.05, 3.63) is 42.5 Å². The lowest BCUT2D eigenvalue weighted by Gasteiger charge is -2.30. The number of anilines is 2. The van der Waals surface area contributed by atoms with Gasteiger partial charge in [0.05, 0.1) is 30.5 Å². The Morgan fingerprint density at radius 1 is 1.00 bits per heavy atom. The van der Waals surface area contributed by atoms with Gasteiger partial charge in [-0.15, -0.1) is 0 Å². The number of amides is 1. The number of ether oxygens (including phenoxy) is 2. The molecule has 3 rings (SSSR count). The van der Waals surface area contributed by atoms with E-state index in [1.54, 1.807) is 0 Å². The van der Waals surface area contributed by atoms with Crippen molar-refractivity contribution in [3.63, 3.8) is 0 Å². The Hall–Kier alpha value is -2.78. The molecule has 0 saturated carbocycles. The van der Waals surface area contributed by atoms with Gasteiger partial charge in [-0.25, -0.2) is 13.1 Å². The molecule has 0 unspecified atom stereocenters. The van der Waals surface area contributed by atoms with Gasteiger partial charge in [0, 0.05) is 32.1 Å². The van der Waals surface area contributed by atoms with Crippen LogP contribution >= 0.6 is 0 Å². The van der Waals surface area contributed by atoms with E-state index in [4.69, 9.17) is 9.47 Å². The second-order valence-corrected chi connectivity index (χ2v) is 9.04. The minimum absolute atomic E-state index is 0.0147. The molecule has 9 heteroatoms. The molecule has 1 fully saturated rings. The summed E-state index contributed by atoms with van der Waals surface area (Å²) in [6.45, 7) is 1.92.